The van der Waals surface area contributed by atoms with E-state index in [1.807, 2.05) is 60.6 Å². The van der Waals surface area contributed by atoms with Crippen molar-refractivity contribution in [2.24, 2.45) is 35.0 Å². The summed E-state index contributed by atoms with van der Waals surface area (Å²) in [5.74, 6) is -7.72. The third-order valence-corrected chi connectivity index (χ3v) is 25.5. The third-order valence-electron chi connectivity index (χ3n) is 24.4. The van der Waals surface area contributed by atoms with Gasteiger partial charge in [-0.05, 0) is 164 Å². The van der Waals surface area contributed by atoms with Gasteiger partial charge in [0.05, 0.1) is 24.4 Å². The van der Waals surface area contributed by atoms with Crippen LogP contribution in [-0.4, -0.2) is 274 Å². The minimum Gasteiger partial charge on any atom is -0.377 e. The second-order valence-corrected chi connectivity index (χ2v) is 34.0. The average molecular weight is 1510 g/mol. The highest BCUT2D eigenvalue weighted by atomic mass is 35.5. The van der Waals surface area contributed by atoms with Gasteiger partial charge in [-0.3, -0.25) is 57.5 Å². The number of likely N-dealkylation sites (N-methyl/N-ethyl adjacent to an activating group) is 6. The summed E-state index contributed by atoms with van der Waals surface area (Å²) < 4.78 is 6.18. The lowest BCUT2D eigenvalue weighted by atomic mass is 9.58. The molecule has 27 heteroatoms. The van der Waals surface area contributed by atoms with Crippen molar-refractivity contribution in [3.63, 3.8) is 0 Å². The van der Waals surface area contributed by atoms with E-state index in [1.54, 1.807) is 4.90 Å². The zero-order chi connectivity index (χ0) is 77.1. The van der Waals surface area contributed by atoms with Crippen LogP contribution in [0.15, 0.2) is 24.3 Å². The Bertz CT molecular complexity index is 3180. The predicted molar refractivity (Wildman–Crippen MR) is 402 cm³/mol. The van der Waals surface area contributed by atoms with Crippen LogP contribution in [0.5, 0.6) is 0 Å². The summed E-state index contributed by atoms with van der Waals surface area (Å²) in [6.07, 6.45) is 17.0. The first kappa shape index (κ1) is 84.3. The molecule has 0 aromatic rings. The molecule has 0 aromatic carbocycles. The quantitative estimate of drug-likeness (QED) is 0.105. The number of rotatable bonds is 12. The van der Waals surface area contributed by atoms with E-state index in [0.717, 1.165) is 19.3 Å². The van der Waals surface area contributed by atoms with E-state index < -0.39 is 168 Å². The second kappa shape index (κ2) is 37.2. The van der Waals surface area contributed by atoms with Gasteiger partial charge < -0.3 is 64.8 Å². The normalized spacial score (nSPS) is 32.8. The number of hydrogen-bond donors (Lipinski definition) is 3. The molecule has 3 N–H and O–H groups in total. The van der Waals surface area contributed by atoms with Crippen LogP contribution in [0.3, 0.4) is 0 Å². The molecule has 4 saturated carbocycles. The number of alkyl halides is 2. The van der Waals surface area contributed by atoms with E-state index in [1.165, 1.54) is 88.5 Å². The summed E-state index contributed by atoms with van der Waals surface area (Å²) in [6.45, 7) is 12.7. The number of ether oxygens (including phenoxy) is 1. The van der Waals surface area contributed by atoms with Crippen LogP contribution in [0, 0.1) is 35.0 Å². The number of nitrogens with zero attached hydrogens (tertiary/aromatic N) is 9. The first-order chi connectivity index (χ1) is 49.7. The van der Waals surface area contributed by atoms with Crippen LogP contribution < -0.4 is 16.0 Å². The molecule has 1 spiro atoms. The first-order valence-electron chi connectivity index (χ1n) is 39.3. The fourth-order valence-electron chi connectivity index (χ4n) is 17.7. The monoisotopic (exact) mass is 1510 g/mol. The summed E-state index contributed by atoms with van der Waals surface area (Å²) in [4.78, 5) is 197. The van der Waals surface area contributed by atoms with Crippen LogP contribution in [-0.2, 0) is 62.3 Å². The highest BCUT2D eigenvalue weighted by molar-refractivity contribution is 6.30. The van der Waals surface area contributed by atoms with Crippen molar-refractivity contribution in [1.29, 1.82) is 0 Å². The van der Waals surface area contributed by atoms with Crippen LogP contribution in [0.25, 0.3) is 0 Å². The Morgan fingerprint density at radius 2 is 1.30 bits per heavy atom. The number of hydrogen-bond acceptors (Lipinski definition) is 13. The Morgan fingerprint density at radius 1 is 0.629 bits per heavy atom. The molecule has 3 unspecified atom stereocenters. The largest absolute Gasteiger partial charge is 0.377 e. The Labute approximate surface area is 634 Å². The van der Waals surface area contributed by atoms with Crippen molar-refractivity contribution in [2.75, 3.05) is 82.1 Å². The smallest absolute Gasteiger partial charge is 0.248 e. The molecule has 6 heterocycles. The Balaban J connectivity index is 1.26. The van der Waals surface area contributed by atoms with Crippen LogP contribution in [0.1, 0.15) is 203 Å². The van der Waals surface area contributed by atoms with Crippen molar-refractivity contribution in [1.82, 2.24) is 60.0 Å². The number of nitrogens with one attached hydrogen (secondary N) is 3. The van der Waals surface area contributed by atoms with Crippen LogP contribution in [0.4, 0.5) is 0 Å². The first-order valence-corrected chi connectivity index (χ1v) is 40.1. The Hall–Kier alpha value is -6.34. The summed E-state index contributed by atoms with van der Waals surface area (Å²) in [6, 6.07) is -9.97. The SMILES string of the molecule is CCO[C@@H]1C[C@H]2C(=O)NC3(CC(C)(C)C3)C(=O)N(C)[C@@H](C(CC)CC)C(=O)N(C)[C@H](C(=O)N(C)C)CC(=O)N(C)[C@H]3CCC/C=C/C4CCC(CC4)C[C@@H](C(=O)N(C)CC(=O)N[C@@H](CCC4CCC(Cl)C(Cl)C4)C(=O)N2C1)N1CC/C=C\C[C@@H](C1=O)N(C)C(=O)CN(C1CC1)C(=O)[C@H]([C@@H](C)CC)NC3=O. The molecule has 105 heavy (non-hydrogen) atoms. The Kier molecular flexibility index (Phi) is 29.8. The molecule has 4 aliphatic carbocycles. The molecular formula is C78H124Cl2N12O13. The van der Waals surface area contributed by atoms with Gasteiger partial charge in [-0.1, -0.05) is 85.1 Å². The van der Waals surface area contributed by atoms with Gasteiger partial charge in [0.15, 0.2) is 0 Å². The molecule has 10 rings (SSSR count). The summed E-state index contributed by atoms with van der Waals surface area (Å²) in [7, 11) is 10.5. The van der Waals surface area contributed by atoms with E-state index in [9.17, 15) is 9.59 Å². The second-order valence-electron chi connectivity index (χ2n) is 32.9. The van der Waals surface area contributed by atoms with Crippen molar-refractivity contribution >= 4 is 94.1 Å². The van der Waals surface area contributed by atoms with Crippen molar-refractivity contribution in [3.8, 4) is 0 Å². The summed E-state index contributed by atoms with van der Waals surface area (Å²) >= 11 is 13.4. The fraction of sp³-hybridized carbons (Fsp3) is 0.795. The highest BCUT2D eigenvalue weighted by Gasteiger charge is 2.59. The molecular weight excluding hydrogens is 1380 g/mol. The average Bonchev–Trinajstić information content (AvgIpc) is 1.31. The van der Waals surface area contributed by atoms with Crippen LogP contribution >= 0.6 is 23.2 Å². The predicted octanol–water partition coefficient (Wildman–Crippen LogP) is 6.65. The molecule has 0 radical (unpaired) electrons. The topological polar surface area (TPSA) is 279 Å². The van der Waals surface area contributed by atoms with Gasteiger partial charge in [0.1, 0.15) is 60.4 Å². The van der Waals surface area contributed by atoms with E-state index >= 15 is 47.9 Å². The number of allylic oxidation sites excluding steroid dienone is 2. The number of carbonyl (C=O) groups is 12. The van der Waals surface area contributed by atoms with Crippen molar-refractivity contribution in [3.05, 3.63) is 24.3 Å². The van der Waals surface area contributed by atoms with Crippen molar-refractivity contribution in [2.45, 2.75) is 279 Å². The lowest BCUT2D eigenvalue weighted by Crippen LogP contribution is -2.71. The number of halogens is 2. The standard InChI is InChI=1S/C78H124Cl2N12O13/c1-15-48(5)66-74(102)91(53-34-35-53)45-65(95)87(12)59-27-23-20-24-38-90(73(59)101)62-40-51-30-28-49(29-31-51)25-21-19-22-26-58(68(96)82-66)86(11)64(94)42-61(71(99)84(8)9)88(13)75(103)67(52(16-2)17-3)89(14)76(104)78(46-77(6,7)47-78)83-69(97)60-41-54(105-18-4)43-92(60)70(98)57(81-63(93)44-85(10)72(62)100)37-33-50-32-36-55(79)56(80)39-50/h20-21,23,25,48-62,66-67H,15-19,22,24,26-47H2,1-14H3,(H,81,93)(H,82,96)(H,83,97)/b23-20-,25-21+/t48-,49?,50?,51?,54+,55?,56?,57-,58-,59-,60-,61-,62-,66-,67-/m0/s1. The van der Waals surface area contributed by atoms with Gasteiger partial charge in [-0.15, -0.1) is 23.2 Å². The molecule has 6 bridgehead atoms. The maximum Gasteiger partial charge on any atom is 0.248 e. The highest BCUT2D eigenvalue weighted by Crippen LogP contribution is 2.50. The van der Waals surface area contributed by atoms with E-state index in [-0.39, 0.29) is 99.2 Å². The van der Waals surface area contributed by atoms with Gasteiger partial charge in [0.2, 0.25) is 70.9 Å². The van der Waals surface area contributed by atoms with Gasteiger partial charge in [-0.2, -0.15) is 0 Å². The maximum absolute atomic E-state index is 15.8. The van der Waals surface area contributed by atoms with E-state index in [0.29, 0.717) is 83.5 Å². The number of carbonyl (C=O) groups excluding carboxylic acids is 12. The van der Waals surface area contributed by atoms with E-state index in [4.69, 9.17) is 27.9 Å². The van der Waals surface area contributed by atoms with Gasteiger partial charge in [0, 0.05) is 86.9 Å². The molecule has 6 aliphatic heterocycles. The van der Waals surface area contributed by atoms with E-state index in [2.05, 4.69) is 28.1 Å². The lowest BCUT2D eigenvalue weighted by molar-refractivity contribution is -0.161. The van der Waals surface area contributed by atoms with Crippen LogP contribution in [0.2, 0.25) is 0 Å². The van der Waals surface area contributed by atoms with Crippen molar-refractivity contribution < 1.29 is 62.3 Å². The lowest BCUT2D eigenvalue weighted by Gasteiger charge is -2.54. The zero-order valence-electron chi connectivity index (χ0n) is 65.2. The van der Waals surface area contributed by atoms with Gasteiger partial charge in [-0.25, -0.2) is 0 Å². The fourth-order valence-corrected chi connectivity index (χ4v) is 18.4. The van der Waals surface area contributed by atoms with Gasteiger partial charge >= 0.3 is 0 Å². The minimum atomic E-state index is -1.59. The third kappa shape index (κ3) is 20.5. The summed E-state index contributed by atoms with van der Waals surface area (Å²) in [5, 5.41) is 8.67. The molecule has 1 saturated heterocycles. The molecule has 5 fully saturated rings. The molecule has 12 amide bonds. The minimum absolute atomic E-state index is 0.0304. The molecule has 10 aliphatic rings. The molecule has 25 nitrogen and oxygen atoms in total. The summed E-state index contributed by atoms with van der Waals surface area (Å²) in [5.41, 5.74) is -2.07. The number of amides is 12. The Morgan fingerprint density at radius 3 is 1.92 bits per heavy atom. The molecule has 13 atom stereocenters. The zero-order valence-corrected chi connectivity index (χ0v) is 66.7. The van der Waals surface area contributed by atoms with Gasteiger partial charge in [0.25, 0.3) is 0 Å². The maximum atomic E-state index is 15.8. The number of fused-ring (bicyclic) bond motifs is 22. The molecule has 0 aromatic heterocycles. The molecule has 588 valence electrons.